The van der Waals surface area contributed by atoms with E-state index in [1.807, 2.05) is 13.8 Å². The van der Waals surface area contributed by atoms with Gasteiger partial charge in [-0.25, -0.2) is 4.79 Å². The number of ether oxygens (including phenoxy) is 2. The van der Waals surface area contributed by atoms with Gasteiger partial charge in [0, 0.05) is 19.0 Å². The number of carbonyl (C=O) groups excluding carboxylic acids is 2. The number of nitrogens with one attached hydrogen (secondary N) is 2. The molecular formula is C13H24N2O4. The van der Waals surface area contributed by atoms with Gasteiger partial charge in [0.15, 0.2) is 0 Å². The van der Waals surface area contributed by atoms with Crippen LogP contribution >= 0.6 is 0 Å². The second kappa shape index (κ2) is 8.12. The summed E-state index contributed by atoms with van der Waals surface area (Å²) in [7, 11) is 1.33. The first-order valence-electron chi connectivity index (χ1n) is 6.76. The standard InChI is InChI=1S/C13H24N2O4/c1-4-9(2)12(13(17)18-3)15-11(16)7-10-8-19-6-5-14-10/h9-10,12,14H,4-8H2,1-3H3,(H,15,16). The Labute approximate surface area is 114 Å². The van der Waals surface area contributed by atoms with Crippen LogP contribution in [0.4, 0.5) is 0 Å². The molecule has 0 aliphatic carbocycles. The third kappa shape index (κ3) is 5.16. The van der Waals surface area contributed by atoms with E-state index in [4.69, 9.17) is 9.47 Å². The van der Waals surface area contributed by atoms with Gasteiger partial charge >= 0.3 is 5.97 Å². The van der Waals surface area contributed by atoms with Crippen LogP contribution in [0.15, 0.2) is 0 Å². The van der Waals surface area contributed by atoms with Gasteiger partial charge in [-0.15, -0.1) is 0 Å². The highest BCUT2D eigenvalue weighted by molar-refractivity contribution is 5.84. The third-order valence-electron chi connectivity index (χ3n) is 3.41. The molecule has 1 heterocycles. The van der Waals surface area contributed by atoms with Crippen LogP contribution in [0.5, 0.6) is 0 Å². The highest BCUT2D eigenvalue weighted by atomic mass is 16.5. The molecule has 0 spiro atoms. The molecule has 0 aromatic heterocycles. The number of rotatable bonds is 6. The lowest BCUT2D eigenvalue weighted by molar-refractivity contribution is -0.146. The quantitative estimate of drug-likeness (QED) is 0.669. The average Bonchev–Trinajstić information content (AvgIpc) is 2.44. The number of esters is 1. The number of methoxy groups -OCH3 is 1. The van der Waals surface area contributed by atoms with Crippen LogP contribution in [0.3, 0.4) is 0 Å². The summed E-state index contributed by atoms with van der Waals surface area (Å²) in [6, 6.07) is -0.559. The molecular weight excluding hydrogens is 248 g/mol. The minimum Gasteiger partial charge on any atom is -0.467 e. The van der Waals surface area contributed by atoms with Crippen LogP contribution < -0.4 is 10.6 Å². The minimum atomic E-state index is -0.577. The van der Waals surface area contributed by atoms with E-state index in [0.717, 1.165) is 13.0 Å². The molecule has 6 nitrogen and oxygen atoms in total. The molecule has 3 unspecified atom stereocenters. The van der Waals surface area contributed by atoms with Crippen LogP contribution in [0.1, 0.15) is 26.7 Å². The van der Waals surface area contributed by atoms with Crippen LogP contribution in [0.2, 0.25) is 0 Å². The second-order valence-electron chi connectivity index (χ2n) is 4.88. The van der Waals surface area contributed by atoms with E-state index in [2.05, 4.69) is 10.6 Å². The van der Waals surface area contributed by atoms with E-state index >= 15 is 0 Å². The highest BCUT2D eigenvalue weighted by Gasteiger charge is 2.27. The summed E-state index contributed by atoms with van der Waals surface area (Å²) in [6.07, 6.45) is 1.11. The average molecular weight is 272 g/mol. The first-order chi connectivity index (χ1) is 9.08. The molecule has 6 heteroatoms. The zero-order valence-electron chi connectivity index (χ0n) is 11.9. The lowest BCUT2D eigenvalue weighted by atomic mass is 9.99. The fraction of sp³-hybridized carbons (Fsp3) is 0.846. The van der Waals surface area contributed by atoms with Gasteiger partial charge in [-0.3, -0.25) is 4.79 Å². The lowest BCUT2D eigenvalue weighted by Crippen LogP contribution is -2.49. The topological polar surface area (TPSA) is 76.7 Å². The zero-order chi connectivity index (χ0) is 14.3. The van der Waals surface area contributed by atoms with Crippen molar-refractivity contribution in [2.45, 2.75) is 38.8 Å². The van der Waals surface area contributed by atoms with E-state index in [0.29, 0.717) is 19.6 Å². The molecule has 1 aliphatic heterocycles. The predicted molar refractivity (Wildman–Crippen MR) is 70.6 cm³/mol. The minimum absolute atomic E-state index is 0.0176. The van der Waals surface area contributed by atoms with Crippen molar-refractivity contribution in [1.82, 2.24) is 10.6 Å². The summed E-state index contributed by atoms with van der Waals surface area (Å²) < 4.78 is 10.0. The Morgan fingerprint density at radius 1 is 1.53 bits per heavy atom. The van der Waals surface area contributed by atoms with Crippen molar-refractivity contribution in [3.8, 4) is 0 Å². The van der Waals surface area contributed by atoms with Gasteiger partial charge in [0.25, 0.3) is 0 Å². The van der Waals surface area contributed by atoms with Crippen molar-refractivity contribution in [2.75, 3.05) is 26.9 Å². The summed E-state index contributed by atoms with van der Waals surface area (Å²) in [5.74, 6) is -0.499. The van der Waals surface area contributed by atoms with Gasteiger partial charge < -0.3 is 20.1 Å². The van der Waals surface area contributed by atoms with E-state index in [1.165, 1.54) is 7.11 Å². The Morgan fingerprint density at radius 2 is 2.26 bits per heavy atom. The van der Waals surface area contributed by atoms with Crippen molar-refractivity contribution in [2.24, 2.45) is 5.92 Å². The molecule has 0 radical (unpaired) electrons. The molecule has 0 aromatic carbocycles. The molecule has 1 fully saturated rings. The summed E-state index contributed by atoms with van der Waals surface area (Å²) in [5.41, 5.74) is 0. The number of carbonyl (C=O) groups is 2. The number of morpholine rings is 1. The van der Waals surface area contributed by atoms with Gasteiger partial charge in [-0.2, -0.15) is 0 Å². The maximum absolute atomic E-state index is 11.9. The predicted octanol–water partition coefficient (Wildman–Crippen LogP) is 0.0688. The molecule has 1 aliphatic rings. The molecule has 110 valence electrons. The first kappa shape index (κ1) is 15.9. The number of hydrogen-bond donors (Lipinski definition) is 2. The molecule has 1 rings (SSSR count). The van der Waals surface area contributed by atoms with Crippen molar-refractivity contribution >= 4 is 11.9 Å². The third-order valence-corrected chi connectivity index (χ3v) is 3.41. The largest absolute Gasteiger partial charge is 0.467 e. The Morgan fingerprint density at radius 3 is 2.79 bits per heavy atom. The smallest absolute Gasteiger partial charge is 0.328 e. The molecule has 1 amide bonds. The normalized spacial score (nSPS) is 22.4. The van der Waals surface area contributed by atoms with E-state index in [1.54, 1.807) is 0 Å². The molecule has 2 N–H and O–H groups in total. The van der Waals surface area contributed by atoms with E-state index < -0.39 is 12.0 Å². The van der Waals surface area contributed by atoms with Gasteiger partial charge in [0.1, 0.15) is 6.04 Å². The summed E-state index contributed by atoms with van der Waals surface area (Å²) in [5, 5.41) is 5.96. The van der Waals surface area contributed by atoms with Gasteiger partial charge in [-0.1, -0.05) is 20.3 Å². The molecule has 0 saturated carbocycles. The Bertz CT molecular complexity index is 303. The molecule has 0 aromatic rings. The van der Waals surface area contributed by atoms with E-state index in [-0.39, 0.29) is 17.9 Å². The van der Waals surface area contributed by atoms with Gasteiger partial charge in [0.05, 0.1) is 20.3 Å². The maximum atomic E-state index is 11.9. The second-order valence-corrected chi connectivity index (χ2v) is 4.88. The Kier molecular flexibility index (Phi) is 6.80. The van der Waals surface area contributed by atoms with Crippen molar-refractivity contribution < 1.29 is 19.1 Å². The van der Waals surface area contributed by atoms with Crippen molar-refractivity contribution in [3.05, 3.63) is 0 Å². The van der Waals surface area contributed by atoms with Crippen LogP contribution in [0, 0.1) is 5.92 Å². The highest BCUT2D eigenvalue weighted by Crippen LogP contribution is 2.10. The maximum Gasteiger partial charge on any atom is 0.328 e. The molecule has 3 atom stereocenters. The fourth-order valence-corrected chi connectivity index (χ4v) is 2.00. The SMILES string of the molecule is CCC(C)C(NC(=O)CC1COCCN1)C(=O)OC. The molecule has 1 saturated heterocycles. The van der Waals surface area contributed by atoms with Crippen molar-refractivity contribution in [1.29, 1.82) is 0 Å². The van der Waals surface area contributed by atoms with Crippen molar-refractivity contribution in [3.63, 3.8) is 0 Å². The van der Waals surface area contributed by atoms with Crippen LogP contribution in [0.25, 0.3) is 0 Å². The Hall–Kier alpha value is -1.14. The molecule has 19 heavy (non-hydrogen) atoms. The van der Waals surface area contributed by atoms with Gasteiger partial charge in [0.2, 0.25) is 5.91 Å². The first-order valence-corrected chi connectivity index (χ1v) is 6.76. The van der Waals surface area contributed by atoms with Gasteiger partial charge in [-0.05, 0) is 5.92 Å². The Balaban J connectivity index is 2.48. The summed E-state index contributed by atoms with van der Waals surface area (Å²) in [6.45, 7) is 5.85. The number of amides is 1. The van der Waals surface area contributed by atoms with Crippen LogP contribution in [-0.2, 0) is 19.1 Å². The zero-order valence-corrected chi connectivity index (χ0v) is 11.9. The van der Waals surface area contributed by atoms with E-state index in [9.17, 15) is 9.59 Å². The molecule has 0 bridgehead atoms. The summed E-state index contributed by atoms with van der Waals surface area (Å²) in [4.78, 5) is 23.6. The van der Waals surface area contributed by atoms with Crippen LogP contribution in [-0.4, -0.2) is 50.8 Å². The fourth-order valence-electron chi connectivity index (χ4n) is 2.00. The number of hydrogen-bond acceptors (Lipinski definition) is 5. The summed E-state index contributed by atoms with van der Waals surface area (Å²) >= 11 is 0. The lowest BCUT2D eigenvalue weighted by Gasteiger charge is -2.26. The monoisotopic (exact) mass is 272 g/mol.